The number of esters is 2. The van der Waals surface area contributed by atoms with E-state index in [4.69, 9.17) is 32.4 Å². The van der Waals surface area contributed by atoms with Crippen LogP contribution in [0.2, 0.25) is 0 Å². The van der Waals surface area contributed by atoms with Crippen molar-refractivity contribution in [3.8, 4) is 0 Å². The first-order chi connectivity index (χ1) is 30.6. The summed E-state index contributed by atoms with van der Waals surface area (Å²) in [5.41, 5.74) is 30.8. The number of carbonyl (C=O) groups excluding carboxylic acids is 4. The normalized spacial score (nSPS) is 14.1. The molecule has 1 fully saturated rings. The van der Waals surface area contributed by atoms with Crippen LogP contribution in [0.1, 0.15) is 47.2 Å². The average Bonchev–Trinajstić information content (AvgIpc) is 3.26. The van der Waals surface area contributed by atoms with Crippen LogP contribution in [-0.4, -0.2) is 29.5 Å². The number of carbonyl (C=O) groups is 4. The third-order valence-corrected chi connectivity index (χ3v) is 11.5. The lowest BCUT2D eigenvalue weighted by molar-refractivity contribution is -0.251. The number of hydrogen-bond donors (Lipinski definition) is 6. The first-order valence-electron chi connectivity index (χ1n) is 21.3. The summed E-state index contributed by atoms with van der Waals surface area (Å²) >= 11 is 0. The van der Waals surface area contributed by atoms with E-state index in [0.29, 0.717) is 70.9 Å². The van der Waals surface area contributed by atoms with Crippen molar-refractivity contribution in [1.29, 1.82) is 0 Å². The lowest BCUT2D eigenvalue weighted by Crippen LogP contribution is -2.56. The molecule has 0 unspecified atom stereocenters. The smallest absolute Gasteiger partial charge is 0.327 e. The van der Waals surface area contributed by atoms with Crippen molar-refractivity contribution in [2.45, 2.75) is 58.2 Å². The number of cyclic esters (lactones) is 2. The molecule has 0 atom stereocenters. The molecular weight excluding hydrogens is 805 g/mol. The molecule has 1 aliphatic rings. The number of nitrogens with one attached hydrogen (secondary N) is 2. The highest BCUT2D eigenvalue weighted by atomic mass is 16.7. The molecule has 0 aliphatic carbocycles. The Hall–Kier alpha value is -7.60. The van der Waals surface area contributed by atoms with Crippen molar-refractivity contribution in [2.75, 3.05) is 33.6 Å². The van der Waals surface area contributed by atoms with E-state index in [9.17, 15) is 19.2 Å². The monoisotopic (exact) mass is 858 g/mol. The topological polar surface area (TPSA) is 215 Å². The van der Waals surface area contributed by atoms with Gasteiger partial charge < -0.3 is 43.0 Å². The largest absolute Gasteiger partial charge is 0.422 e. The minimum Gasteiger partial charge on any atom is -0.422 e. The average molecular weight is 859 g/mol. The van der Waals surface area contributed by atoms with Crippen LogP contribution in [0, 0.1) is 17.3 Å². The van der Waals surface area contributed by atoms with Crippen LogP contribution in [0.5, 0.6) is 0 Å². The third kappa shape index (κ3) is 11.4. The number of amides is 2. The molecule has 1 aliphatic heterocycles. The van der Waals surface area contributed by atoms with Crippen LogP contribution < -0.4 is 33.6 Å². The number of nitrogen functional groups attached to an aromatic ring is 4. The van der Waals surface area contributed by atoms with Gasteiger partial charge in [-0.1, -0.05) is 72.8 Å². The van der Waals surface area contributed by atoms with Gasteiger partial charge in [0.15, 0.2) is 5.41 Å². The predicted molar refractivity (Wildman–Crippen MR) is 251 cm³/mol. The van der Waals surface area contributed by atoms with E-state index in [1.54, 1.807) is 48.5 Å². The van der Waals surface area contributed by atoms with Crippen molar-refractivity contribution in [3.05, 3.63) is 179 Å². The Labute approximate surface area is 373 Å². The van der Waals surface area contributed by atoms with Gasteiger partial charge in [0, 0.05) is 59.8 Å². The Morgan fingerprint density at radius 3 is 0.953 bits per heavy atom. The molecule has 12 heteroatoms. The molecule has 0 radical (unpaired) electrons. The zero-order chi connectivity index (χ0) is 45.4. The molecule has 7 rings (SSSR count). The highest BCUT2D eigenvalue weighted by molar-refractivity contribution is 6.02. The van der Waals surface area contributed by atoms with E-state index in [-0.39, 0.29) is 24.7 Å². The summed E-state index contributed by atoms with van der Waals surface area (Å²) in [6, 6.07) is 44.0. The van der Waals surface area contributed by atoms with Crippen molar-refractivity contribution >= 4 is 57.9 Å². The summed E-state index contributed by atoms with van der Waals surface area (Å²) in [5.74, 6) is -4.00. The fourth-order valence-corrected chi connectivity index (χ4v) is 7.96. The van der Waals surface area contributed by atoms with Crippen molar-refractivity contribution in [1.82, 2.24) is 0 Å². The van der Waals surface area contributed by atoms with Gasteiger partial charge in [0.25, 0.3) is 5.79 Å². The molecule has 0 spiro atoms. The van der Waals surface area contributed by atoms with Gasteiger partial charge in [-0.3, -0.25) is 19.2 Å². The van der Waals surface area contributed by atoms with Gasteiger partial charge >= 0.3 is 11.9 Å². The predicted octanol–water partition coefficient (Wildman–Crippen LogP) is 7.70. The lowest BCUT2D eigenvalue weighted by atomic mass is 9.75. The molecular formula is C52H54N6O6. The van der Waals surface area contributed by atoms with Gasteiger partial charge in [0.1, 0.15) is 0 Å². The Bertz CT molecular complexity index is 2300. The molecule has 2 amide bonds. The summed E-state index contributed by atoms with van der Waals surface area (Å²) in [7, 11) is 0. The van der Waals surface area contributed by atoms with Crippen molar-refractivity contribution in [3.63, 3.8) is 0 Å². The number of benzene rings is 6. The fraction of sp³-hybridized carbons (Fsp3) is 0.231. The molecule has 1 heterocycles. The van der Waals surface area contributed by atoms with Gasteiger partial charge in [-0.05, 0) is 145 Å². The summed E-state index contributed by atoms with van der Waals surface area (Å²) in [5, 5.41) is 6.11. The number of anilines is 6. The molecule has 0 bridgehead atoms. The number of hydrogen-bond acceptors (Lipinski definition) is 10. The van der Waals surface area contributed by atoms with Gasteiger partial charge in [-0.2, -0.15) is 0 Å². The highest BCUT2D eigenvalue weighted by Crippen LogP contribution is 2.39. The molecule has 6 aromatic carbocycles. The fourth-order valence-electron chi connectivity index (χ4n) is 7.96. The van der Waals surface area contributed by atoms with E-state index in [1.807, 2.05) is 97.1 Å². The highest BCUT2D eigenvalue weighted by Gasteiger charge is 2.56. The summed E-state index contributed by atoms with van der Waals surface area (Å²) in [4.78, 5) is 55.5. The van der Waals surface area contributed by atoms with E-state index in [2.05, 4.69) is 10.6 Å². The number of ether oxygens (including phenoxy) is 2. The molecule has 12 nitrogen and oxygen atoms in total. The second kappa shape index (κ2) is 19.2. The lowest BCUT2D eigenvalue weighted by Gasteiger charge is -2.40. The first-order valence-corrected chi connectivity index (χ1v) is 21.3. The zero-order valence-corrected chi connectivity index (χ0v) is 36.0. The molecule has 10 N–H and O–H groups in total. The first kappa shape index (κ1) is 44.5. The molecule has 0 aromatic heterocycles. The van der Waals surface area contributed by atoms with Crippen LogP contribution in [0.3, 0.4) is 0 Å². The van der Waals surface area contributed by atoms with E-state index in [1.165, 1.54) is 13.8 Å². The van der Waals surface area contributed by atoms with Crippen LogP contribution in [0.4, 0.5) is 34.1 Å². The Kier molecular flexibility index (Phi) is 13.3. The van der Waals surface area contributed by atoms with Crippen LogP contribution in [-0.2, 0) is 67.2 Å². The van der Waals surface area contributed by atoms with Crippen LogP contribution in [0.15, 0.2) is 146 Å². The minimum absolute atomic E-state index is 0.0255. The Morgan fingerprint density at radius 2 is 0.688 bits per heavy atom. The van der Waals surface area contributed by atoms with Gasteiger partial charge in [0.05, 0.1) is 0 Å². The second-order valence-corrected chi connectivity index (χ2v) is 17.2. The summed E-state index contributed by atoms with van der Waals surface area (Å²) in [6.45, 7) is 3.03. The standard InChI is InChI=1S/C52H54N6O6/c1-51(2)63-49(61)52(50(62)64-51,31-37-11-23-45(24-12-37)57-47(59)39(27-33-3-15-41(53)16-4-33)28-34-5-17-42(54)18-6-34)32-38-13-25-46(26-14-38)58-48(60)40(29-35-7-19-43(55)20-8-35)30-36-9-21-44(56)22-10-36/h3-26,39-40H,27-32,53-56H2,1-2H3,(H,57,59)(H,58,60). The maximum Gasteiger partial charge on any atom is 0.327 e. The van der Waals surface area contributed by atoms with Gasteiger partial charge in [-0.25, -0.2) is 0 Å². The van der Waals surface area contributed by atoms with Crippen LogP contribution >= 0.6 is 0 Å². The second-order valence-electron chi connectivity index (χ2n) is 17.2. The van der Waals surface area contributed by atoms with Crippen molar-refractivity contribution < 1.29 is 28.7 Å². The van der Waals surface area contributed by atoms with E-state index < -0.39 is 35.0 Å². The third-order valence-electron chi connectivity index (χ3n) is 11.5. The number of rotatable bonds is 16. The molecule has 64 heavy (non-hydrogen) atoms. The molecule has 0 saturated carbocycles. The maximum atomic E-state index is 13.9. The van der Waals surface area contributed by atoms with E-state index in [0.717, 1.165) is 22.3 Å². The summed E-state index contributed by atoms with van der Waals surface area (Å²) in [6.07, 6.45) is 1.90. The Balaban J connectivity index is 1.06. The minimum atomic E-state index is -1.71. The molecule has 1 saturated heterocycles. The molecule has 328 valence electrons. The Morgan fingerprint density at radius 1 is 0.438 bits per heavy atom. The number of nitrogens with two attached hydrogens (primary N) is 4. The zero-order valence-electron chi connectivity index (χ0n) is 36.0. The summed E-state index contributed by atoms with van der Waals surface area (Å²) < 4.78 is 11.4. The van der Waals surface area contributed by atoms with Gasteiger partial charge in [0.2, 0.25) is 11.8 Å². The molecule has 6 aromatic rings. The van der Waals surface area contributed by atoms with Crippen LogP contribution in [0.25, 0.3) is 0 Å². The van der Waals surface area contributed by atoms with E-state index >= 15 is 0 Å². The maximum absolute atomic E-state index is 13.9. The van der Waals surface area contributed by atoms with Gasteiger partial charge in [-0.15, -0.1) is 0 Å². The quantitative estimate of drug-likeness (QED) is 0.0317. The van der Waals surface area contributed by atoms with Crippen molar-refractivity contribution in [2.24, 2.45) is 17.3 Å². The SMILES string of the molecule is CC1(C)OC(=O)C(Cc2ccc(NC(=O)C(Cc3ccc(N)cc3)Cc3ccc(N)cc3)cc2)(Cc2ccc(NC(=O)C(Cc3ccc(N)cc3)Cc3ccc(N)cc3)cc2)C(=O)O1.